The van der Waals surface area contributed by atoms with Crippen molar-refractivity contribution in [3.8, 4) is 5.69 Å². The zero-order chi connectivity index (χ0) is 21.4. The van der Waals surface area contributed by atoms with Crippen molar-refractivity contribution in [2.24, 2.45) is 0 Å². The summed E-state index contributed by atoms with van der Waals surface area (Å²) in [6.45, 7) is 3.59. The largest absolute Gasteiger partial charge is 0.395 e. The summed E-state index contributed by atoms with van der Waals surface area (Å²) in [6.07, 6.45) is 2.85. The minimum atomic E-state index is 0.0695. The number of hydrogen-bond donors (Lipinski definition) is 1. The highest BCUT2D eigenvalue weighted by Crippen LogP contribution is 2.37. The average Bonchev–Trinajstić information content (AvgIpc) is 3.01. The molecule has 3 aromatic rings. The molecule has 30 heavy (non-hydrogen) atoms. The molecule has 158 valence electrons. The third-order valence-electron chi connectivity index (χ3n) is 5.56. The van der Waals surface area contributed by atoms with E-state index in [1.54, 1.807) is 23.9 Å². The minimum Gasteiger partial charge on any atom is -0.395 e. The molecule has 0 saturated heterocycles. The molecule has 0 bridgehead atoms. The molecule has 1 aliphatic heterocycles. The monoisotopic (exact) mass is 481 g/mol. The summed E-state index contributed by atoms with van der Waals surface area (Å²) in [5.74, 6) is 0. The van der Waals surface area contributed by atoms with E-state index in [9.17, 15) is 5.11 Å². The lowest BCUT2D eigenvalue weighted by Gasteiger charge is -2.36. The maximum Gasteiger partial charge on any atom is 0.104 e. The molecule has 0 spiro atoms. The standard InChI is InChI=1S/C22H22Cl3N3OS/c1-13-18(11-27-10-15-6-4-3-5-14(15)7-17(27)12-29)22(30-2)28(26-13)21-19(24)8-16(23)9-20(21)25/h3-6,8-9,17,29H,7,10-12H2,1-2H3. The molecule has 1 aliphatic rings. The molecule has 8 heteroatoms. The maximum atomic E-state index is 10.0. The summed E-state index contributed by atoms with van der Waals surface area (Å²) in [4.78, 5) is 2.32. The summed E-state index contributed by atoms with van der Waals surface area (Å²) in [6, 6.07) is 11.9. The van der Waals surface area contributed by atoms with Crippen molar-refractivity contribution >= 4 is 46.6 Å². The number of halogens is 3. The summed E-state index contributed by atoms with van der Waals surface area (Å²) in [7, 11) is 0. The molecule has 0 aliphatic carbocycles. The van der Waals surface area contributed by atoms with Crippen molar-refractivity contribution in [3.05, 3.63) is 73.9 Å². The Balaban J connectivity index is 1.73. The number of fused-ring (bicyclic) bond motifs is 1. The molecule has 0 saturated carbocycles. The Morgan fingerprint density at radius 2 is 1.80 bits per heavy atom. The first kappa shape index (κ1) is 22.0. The van der Waals surface area contributed by atoms with E-state index in [0.717, 1.165) is 29.2 Å². The fraction of sp³-hybridized carbons (Fsp3) is 0.318. The van der Waals surface area contributed by atoms with Crippen LogP contribution in [0.4, 0.5) is 0 Å². The number of aliphatic hydroxyl groups is 1. The van der Waals surface area contributed by atoms with E-state index < -0.39 is 0 Å². The Hall–Kier alpha value is -1.21. The quantitative estimate of drug-likeness (QED) is 0.468. The number of aromatic nitrogens is 2. The predicted octanol–water partition coefficient (Wildman–Crippen LogP) is 5.78. The molecule has 1 atom stereocenters. The Bertz CT molecular complexity index is 1060. The van der Waals surface area contributed by atoms with Crippen molar-refractivity contribution < 1.29 is 5.11 Å². The molecule has 2 heterocycles. The molecular weight excluding hydrogens is 461 g/mol. The highest BCUT2D eigenvalue weighted by molar-refractivity contribution is 7.98. The number of hydrogen-bond acceptors (Lipinski definition) is 4. The topological polar surface area (TPSA) is 41.3 Å². The summed E-state index contributed by atoms with van der Waals surface area (Å²) < 4.78 is 1.81. The fourth-order valence-electron chi connectivity index (χ4n) is 4.03. The number of aryl methyl sites for hydroxylation is 1. The van der Waals surface area contributed by atoms with E-state index in [-0.39, 0.29) is 12.6 Å². The van der Waals surface area contributed by atoms with Crippen molar-refractivity contribution in [2.45, 2.75) is 37.5 Å². The summed E-state index contributed by atoms with van der Waals surface area (Å²) >= 11 is 20.6. The third-order valence-corrected chi connectivity index (χ3v) is 7.16. The maximum absolute atomic E-state index is 10.0. The molecule has 4 nitrogen and oxygen atoms in total. The van der Waals surface area contributed by atoms with Gasteiger partial charge in [-0.25, -0.2) is 4.68 Å². The van der Waals surface area contributed by atoms with Crippen molar-refractivity contribution in [2.75, 3.05) is 12.9 Å². The van der Waals surface area contributed by atoms with Crippen LogP contribution in [-0.2, 0) is 19.5 Å². The molecular formula is C22H22Cl3N3OS. The van der Waals surface area contributed by atoms with Gasteiger partial charge in [0.15, 0.2) is 0 Å². The van der Waals surface area contributed by atoms with Gasteiger partial charge in [-0.1, -0.05) is 59.1 Å². The number of benzene rings is 2. The van der Waals surface area contributed by atoms with E-state index in [1.165, 1.54) is 11.1 Å². The first-order valence-corrected chi connectivity index (χ1v) is 12.0. The average molecular weight is 483 g/mol. The predicted molar refractivity (Wildman–Crippen MR) is 125 cm³/mol. The lowest BCUT2D eigenvalue weighted by Crippen LogP contribution is -2.42. The van der Waals surface area contributed by atoms with Crippen molar-refractivity contribution in [1.82, 2.24) is 14.7 Å². The zero-order valence-corrected chi connectivity index (χ0v) is 19.8. The van der Waals surface area contributed by atoms with E-state index >= 15 is 0 Å². The molecule has 1 N–H and O–H groups in total. The second-order valence-corrected chi connectivity index (χ2v) is 9.46. The Labute approximate surface area is 195 Å². The second-order valence-electron chi connectivity index (χ2n) is 7.42. The fourth-order valence-corrected chi connectivity index (χ4v) is 5.77. The lowest BCUT2D eigenvalue weighted by molar-refractivity contribution is 0.0987. The zero-order valence-electron chi connectivity index (χ0n) is 16.7. The normalized spacial score (nSPS) is 16.7. The molecule has 0 fully saturated rings. The van der Waals surface area contributed by atoms with Gasteiger partial charge < -0.3 is 5.11 Å². The van der Waals surface area contributed by atoms with E-state index in [0.29, 0.717) is 27.3 Å². The van der Waals surface area contributed by atoms with E-state index in [4.69, 9.17) is 39.9 Å². The number of thioether (sulfide) groups is 1. The van der Waals surface area contributed by atoms with Crippen LogP contribution in [-0.4, -0.2) is 38.7 Å². The number of aliphatic hydroxyl groups excluding tert-OH is 1. The Kier molecular flexibility index (Phi) is 6.68. The van der Waals surface area contributed by atoms with E-state index in [2.05, 4.69) is 29.2 Å². The summed E-state index contributed by atoms with van der Waals surface area (Å²) in [5.41, 5.74) is 5.27. The highest BCUT2D eigenvalue weighted by Gasteiger charge is 2.28. The lowest BCUT2D eigenvalue weighted by atomic mass is 9.94. The third kappa shape index (κ3) is 4.12. The van der Waals surface area contributed by atoms with Gasteiger partial charge in [-0.05, 0) is 42.9 Å². The van der Waals surface area contributed by atoms with Crippen LogP contribution in [0.2, 0.25) is 15.1 Å². The van der Waals surface area contributed by atoms with Crippen LogP contribution in [0.1, 0.15) is 22.4 Å². The number of rotatable bonds is 5. The molecule has 0 radical (unpaired) electrons. The van der Waals surface area contributed by atoms with Crippen LogP contribution in [0, 0.1) is 6.92 Å². The smallest absolute Gasteiger partial charge is 0.104 e. The van der Waals surface area contributed by atoms with Crippen LogP contribution in [0.3, 0.4) is 0 Å². The van der Waals surface area contributed by atoms with Crippen molar-refractivity contribution in [3.63, 3.8) is 0 Å². The van der Waals surface area contributed by atoms with Gasteiger partial charge in [-0.3, -0.25) is 4.90 Å². The van der Waals surface area contributed by atoms with Crippen LogP contribution in [0.5, 0.6) is 0 Å². The molecule has 0 amide bonds. The van der Waals surface area contributed by atoms with Gasteiger partial charge in [0, 0.05) is 29.7 Å². The summed E-state index contributed by atoms with van der Waals surface area (Å²) in [5, 5.41) is 17.2. The van der Waals surface area contributed by atoms with Gasteiger partial charge in [0.25, 0.3) is 0 Å². The Morgan fingerprint density at radius 3 is 2.43 bits per heavy atom. The van der Waals surface area contributed by atoms with Gasteiger partial charge in [0.05, 0.1) is 22.3 Å². The highest BCUT2D eigenvalue weighted by atomic mass is 35.5. The first-order chi connectivity index (χ1) is 14.4. The van der Waals surface area contributed by atoms with Gasteiger partial charge in [0.1, 0.15) is 10.7 Å². The van der Waals surface area contributed by atoms with Crippen LogP contribution in [0.15, 0.2) is 41.4 Å². The molecule has 2 aromatic carbocycles. The number of nitrogens with zero attached hydrogens (tertiary/aromatic N) is 3. The minimum absolute atomic E-state index is 0.0695. The Morgan fingerprint density at radius 1 is 1.13 bits per heavy atom. The van der Waals surface area contributed by atoms with Gasteiger partial charge in [0.2, 0.25) is 0 Å². The van der Waals surface area contributed by atoms with E-state index in [1.807, 2.05) is 17.9 Å². The molecule has 1 aromatic heterocycles. The van der Waals surface area contributed by atoms with Gasteiger partial charge in [-0.2, -0.15) is 5.10 Å². The second kappa shape index (κ2) is 9.11. The SMILES string of the molecule is CSc1c(CN2Cc3ccccc3CC2CO)c(C)nn1-c1c(Cl)cc(Cl)cc1Cl. The molecule has 4 rings (SSSR count). The first-order valence-electron chi connectivity index (χ1n) is 9.62. The molecule has 1 unspecified atom stereocenters. The van der Waals surface area contributed by atoms with Crippen LogP contribution in [0.25, 0.3) is 5.69 Å². The van der Waals surface area contributed by atoms with Crippen molar-refractivity contribution in [1.29, 1.82) is 0 Å². The van der Waals surface area contributed by atoms with Crippen LogP contribution >= 0.6 is 46.6 Å². The van der Waals surface area contributed by atoms with Gasteiger partial charge >= 0.3 is 0 Å². The van der Waals surface area contributed by atoms with Crippen LogP contribution < -0.4 is 0 Å². The van der Waals surface area contributed by atoms with Gasteiger partial charge in [-0.15, -0.1) is 11.8 Å².